The Morgan fingerprint density at radius 2 is 1.68 bits per heavy atom. The molecule has 0 aliphatic rings. The van der Waals surface area contributed by atoms with Gasteiger partial charge in [-0.1, -0.05) is 0 Å². The summed E-state index contributed by atoms with van der Waals surface area (Å²) in [6.45, 7) is 0.325. The van der Waals surface area contributed by atoms with E-state index >= 15 is 0 Å². The zero-order chi connectivity index (χ0) is 17.1. The molecule has 0 bridgehead atoms. The van der Waals surface area contributed by atoms with E-state index in [9.17, 15) is 28.6 Å². The minimum absolute atomic E-state index is 0.00944. The van der Waals surface area contributed by atoms with Crippen LogP contribution in [0.4, 0.5) is 17.1 Å². The maximum Gasteiger partial charge on any atom is 0.300 e. The van der Waals surface area contributed by atoms with Crippen molar-refractivity contribution >= 4 is 27.1 Å². The van der Waals surface area contributed by atoms with Crippen LogP contribution in [0.25, 0.3) is 0 Å². The Bertz CT molecular complexity index is 688. The molecule has 0 aliphatic carbocycles. The van der Waals surface area contributed by atoms with Crippen LogP contribution in [0.2, 0.25) is 0 Å². The van der Waals surface area contributed by atoms with Gasteiger partial charge >= 0.3 is 0 Å². The van der Waals surface area contributed by atoms with E-state index in [1.54, 1.807) is 19.0 Å². The summed E-state index contributed by atoms with van der Waals surface area (Å²) < 4.78 is 24.6. The van der Waals surface area contributed by atoms with Crippen LogP contribution in [0.1, 0.15) is 0 Å². The van der Waals surface area contributed by atoms with Crippen LogP contribution < -0.4 is 4.31 Å². The number of anilines is 1. The van der Waals surface area contributed by atoms with Crippen LogP contribution in [0, 0.1) is 20.2 Å². The van der Waals surface area contributed by atoms with Gasteiger partial charge in [0.1, 0.15) is 5.69 Å². The summed E-state index contributed by atoms with van der Waals surface area (Å²) in [5, 5.41) is 21.8. The van der Waals surface area contributed by atoms with Crippen molar-refractivity contribution in [1.29, 1.82) is 0 Å². The monoisotopic (exact) mass is 332 g/mol. The van der Waals surface area contributed by atoms with Crippen molar-refractivity contribution in [1.82, 2.24) is 4.90 Å². The molecule has 22 heavy (non-hydrogen) atoms. The van der Waals surface area contributed by atoms with Crippen LogP contribution in [0.5, 0.6) is 0 Å². The quantitative estimate of drug-likeness (QED) is 0.534. The van der Waals surface area contributed by atoms with Crippen LogP contribution >= 0.6 is 0 Å². The lowest BCUT2D eigenvalue weighted by Gasteiger charge is -2.23. The average molecular weight is 332 g/mol. The molecule has 0 amide bonds. The third-order valence-corrected chi connectivity index (χ3v) is 3.97. The standard InChI is InChI=1S/C11H16N4O6S/c1-12(2)6-7-13(22(3,20)21)10-5-4-9(14(16)17)8-11(10)15(18)19/h4-5,8H,6-7H2,1-3H3. The molecule has 0 radical (unpaired) electrons. The van der Waals surface area contributed by atoms with Gasteiger partial charge in [-0.15, -0.1) is 0 Å². The Morgan fingerprint density at radius 1 is 1.09 bits per heavy atom. The molecule has 10 nitrogen and oxygen atoms in total. The fourth-order valence-corrected chi connectivity index (χ4v) is 2.66. The van der Waals surface area contributed by atoms with Crippen molar-refractivity contribution in [2.75, 3.05) is 37.7 Å². The second-order valence-electron chi connectivity index (χ2n) is 4.83. The first kappa shape index (κ1) is 17.8. The zero-order valence-electron chi connectivity index (χ0n) is 12.3. The minimum Gasteiger partial charge on any atom is -0.308 e. The highest BCUT2D eigenvalue weighted by Crippen LogP contribution is 2.33. The fraction of sp³-hybridized carbons (Fsp3) is 0.455. The molecule has 1 aromatic carbocycles. The summed E-state index contributed by atoms with van der Waals surface area (Å²) >= 11 is 0. The van der Waals surface area contributed by atoms with Gasteiger partial charge in [0.2, 0.25) is 10.0 Å². The molecule has 1 rings (SSSR count). The number of benzene rings is 1. The Balaban J connectivity index is 3.41. The number of nitro benzene ring substituents is 2. The predicted molar refractivity (Wildman–Crippen MR) is 80.5 cm³/mol. The van der Waals surface area contributed by atoms with Crippen molar-refractivity contribution in [2.24, 2.45) is 0 Å². The molecule has 0 spiro atoms. The third kappa shape index (κ3) is 4.36. The minimum atomic E-state index is -3.77. The van der Waals surface area contributed by atoms with Gasteiger partial charge in [0.05, 0.1) is 22.2 Å². The number of likely N-dealkylation sites (N-methyl/N-ethyl adjacent to an activating group) is 1. The smallest absolute Gasteiger partial charge is 0.300 e. The molecular weight excluding hydrogens is 316 g/mol. The Morgan fingerprint density at radius 3 is 2.09 bits per heavy atom. The van der Waals surface area contributed by atoms with Crippen LogP contribution in [-0.4, -0.2) is 56.6 Å². The molecule has 0 aromatic heterocycles. The van der Waals surface area contributed by atoms with Gasteiger partial charge in [-0.05, 0) is 20.2 Å². The van der Waals surface area contributed by atoms with Crippen molar-refractivity contribution in [3.8, 4) is 0 Å². The van der Waals surface area contributed by atoms with E-state index in [1.165, 1.54) is 0 Å². The highest BCUT2D eigenvalue weighted by molar-refractivity contribution is 7.92. The number of hydrogen-bond donors (Lipinski definition) is 0. The van der Waals surface area contributed by atoms with Crippen LogP contribution in [-0.2, 0) is 10.0 Å². The van der Waals surface area contributed by atoms with Crippen molar-refractivity contribution in [2.45, 2.75) is 0 Å². The van der Waals surface area contributed by atoms with Crippen molar-refractivity contribution in [3.05, 3.63) is 38.4 Å². The number of sulfonamides is 1. The van der Waals surface area contributed by atoms with E-state index in [-0.39, 0.29) is 12.2 Å². The van der Waals surface area contributed by atoms with Crippen molar-refractivity contribution in [3.63, 3.8) is 0 Å². The topological polar surface area (TPSA) is 127 Å². The number of non-ortho nitro benzene ring substituents is 1. The normalized spacial score (nSPS) is 11.5. The van der Waals surface area contributed by atoms with Gasteiger partial charge in [0, 0.05) is 19.2 Å². The molecule has 1 aromatic rings. The number of hydrogen-bond acceptors (Lipinski definition) is 7. The molecule has 0 heterocycles. The van der Waals surface area contributed by atoms with Gasteiger partial charge in [-0.25, -0.2) is 8.42 Å². The van der Waals surface area contributed by atoms with Crippen LogP contribution in [0.3, 0.4) is 0 Å². The van der Waals surface area contributed by atoms with E-state index < -0.39 is 31.2 Å². The molecular formula is C11H16N4O6S. The highest BCUT2D eigenvalue weighted by Gasteiger charge is 2.28. The summed E-state index contributed by atoms with van der Waals surface area (Å²) in [4.78, 5) is 21.9. The summed E-state index contributed by atoms with van der Waals surface area (Å²) in [7, 11) is -0.317. The molecule has 0 aliphatic heterocycles. The molecule has 0 saturated heterocycles. The first-order valence-corrected chi connectivity index (χ1v) is 7.94. The molecule has 0 atom stereocenters. The lowest BCUT2D eigenvalue weighted by atomic mass is 10.2. The van der Waals surface area contributed by atoms with Gasteiger partial charge in [-0.2, -0.15) is 0 Å². The molecule has 122 valence electrons. The van der Waals surface area contributed by atoms with Crippen LogP contribution in [0.15, 0.2) is 18.2 Å². The molecule has 11 heteroatoms. The lowest BCUT2D eigenvalue weighted by Crippen LogP contribution is -2.36. The fourth-order valence-electron chi connectivity index (χ4n) is 1.74. The lowest BCUT2D eigenvalue weighted by molar-refractivity contribution is -0.393. The number of rotatable bonds is 7. The SMILES string of the molecule is CN(C)CCN(c1ccc([N+](=O)[O-])cc1[N+](=O)[O-])S(C)(=O)=O. The molecule has 0 fully saturated rings. The second kappa shape index (κ2) is 6.66. The van der Waals surface area contributed by atoms with Gasteiger partial charge in [-0.3, -0.25) is 24.5 Å². The third-order valence-electron chi connectivity index (χ3n) is 2.79. The Labute approximate surface area is 127 Å². The summed E-state index contributed by atoms with van der Waals surface area (Å²) in [5.41, 5.74) is -1.30. The van der Waals surface area contributed by atoms with E-state index in [0.29, 0.717) is 6.54 Å². The molecule has 0 unspecified atom stereocenters. The Hall–Kier alpha value is -2.27. The summed E-state index contributed by atoms with van der Waals surface area (Å²) in [6, 6.07) is 2.87. The zero-order valence-corrected chi connectivity index (χ0v) is 13.1. The summed E-state index contributed by atoms with van der Waals surface area (Å²) in [5.74, 6) is 0. The average Bonchev–Trinajstić information content (AvgIpc) is 2.36. The maximum atomic E-state index is 11.9. The van der Waals surface area contributed by atoms with Crippen molar-refractivity contribution < 1.29 is 18.3 Å². The number of nitrogens with zero attached hydrogens (tertiary/aromatic N) is 4. The number of nitro groups is 2. The van der Waals surface area contributed by atoms with E-state index in [1.807, 2.05) is 0 Å². The molecule has 0 N–H and O–H groups in total. The Kier molecular flexibility index (Phi) is 5.38. The van der Waals surface area contributed by atoms with Gasteiger partial charge < -0.3 is 4.90 Å². The second-order valence-corrected chi connectivity index (χ2v) is 6.73. The first-order chi connectivity index (χ1) is 10.0. The molecule has 0 saturated carbocycles. The maximum absolute atomic E-state index is 11.9. The van der Waals surface area contributed by atoms with E-state index in [4.69, 9.17) is 0 Å². The van der Waals surface area contributed by atoms with Gasteiger partial charge in [0.25, 0.3) is 11.4 Å². The summed E-state index contributed by atoms with van der Waals surface area (Å²) in [6.07, 6.45) is 0.924. The van der Waals surface area contributed by atoms with E-state index in [2.05, 4.69) is 0 Å². The largest absolute Gasteiger partial charge is 0.308 e. The predicted octanol–water partition coefficient (Wildman–Crippen LogP) is 0.831. The highest BCUT2D eigenvalue weighted by atomic mass is 32.2. The van der Waals surface area contributed by atoms with E-state index in [0.717, 1.165) is 28.8 Å². The first-order valence-electron chi connectivity index (χ1n) is 6.09. The van der Waals surface area contributed by atoms with Gasteiger partial charge in [0.15, 0.2) is 0 Å².